The lowest BCUT2D eigenvalue weighted by molar-refractivity contribution is 0.568. The van der Waals surface area contributed by atoms with Gasteiger partial charge in [0.15, 0.2) is 0 Å². The van der Waals surface area contributed by atoms with Crippen LogP contribution in [0.25, 0.3) is 0 Å². The minimum Gasteiger partial charge on any atom is -0.325 e. The molecule has 3 N–H and O–H groups in total. The lowest BCUT2D eigenvalue weighted by atomic mass is 10.3. The van der Waals surface area contributed by atoms with E-state index in [0.717, 1.165) is 0 Å². The fourth-order valence-electron chi connectivity index (χ4n) is 1.20. The number of hydrogen-bond donors (Lipinski definition) is 2. The van der Waals surface area contributed by atoms with Gasteiger partial charge in [-0.15, -0.1) is 0 Å². The van der Waals surface area contributed by atoms with Gasteiger partial charge in [0.2, 0.25) is 10.0 Å². The Morgan fingerprint density at radius 3 is 2.73 bits per heavy atom. The molecule has 0 fully saturated rings. The molecule has 0 atom stereocenters. The van der Waals surface area contributed by atoms with Gasteiger partial charge in [-0.25, -0.2) is 13.1 Å². The van der Waals surface area contributed by atoms with Gasteiger partial charge in [-0.1, -0.05) is 0 Å². The molecule has 0 aliphatic rings. The largest absolute Gasteiger partial charge is 0.325 e. The smallest absolute Gasteiger partial charge is 0.242 e. The molecule has 0 aliphatic heterocycles. The van der Waals surface area contributed by atoms with E-state index in [1.807, 2.05) is 0 Å². The fraction of sp³-hybridized carbons (Fsp3) is 0.444. The molecule has 0 bridgehead atoms. The van der Waals surface area contributed by atoms with Crippen LogP contribution in [0.4, 0.5) is 0 Å². The Labute approximate surface area is 89.8 Å². The zero-order valence-electron chi connectivity index (χ0n) is 8.77. The molecule has 0 aromatic carbocycles. The number of hydrogen-bond acceptors (Lipinski definition) is 4. The second-order valence-corrected chi connectivity index (χ2v) is 5.11. The fourth-order valence-corrected chi connectivity index (χ4v) is 2.65. The van der Waals surface area contributed by atoms with Crippen LogP contribution in [-0.2, 0) is 16.6 Å². The number of sulfonamides is 1. The Morgan fingerprint density at radius 1 is 1.53 bits per heavy atom. The Balaban J connectivity index is 3.15. The summed E-state index contributed by atoms with van der Waals surface area (Å²) in [5.41, 5.74) is 5.80. The predicted molar refractivity (Wildman–Crippen MR) is 57.6 cm³/mol. The van der Waals surface area contributed by atoms with Crippen LogP contribution in [0.1, 0.15) is 19.5 Å². The van der Waals surface area contributed by atoms with Crippen LogP contribution in [0, 0.1) is 0 Å². The van der Waals surface area contributed by atoms with Crippen molar-refractivity contribution >= 4 is 10.0 Å². The lowest BCUT2D eigenvalue weighted by Gasteiger charge is -2.11. The highest BCUT2D eigenvalue weighted by molar-refractivity contribution is 7.89. The van der Waals surface area contributed by atoms with Gasteiger partial charge in [0.05, 0.1) is 5.69 Å². The normalized spacial score (nSPS) is 12.0. The van der Waals surface area contributed by atoms with Crippen LogP contribution in [0.3, 0.4) is 0 Å². The molecule has 0 aliphatic carbocycles. The van der Waals surface area contributed by atoms with Gasteiger partial charge in [0.1, 0.15) is 4.90 Å². The maximum absolute atomic E-state index is 11.8. The first-order chi connectivity index (χ1) is 6.97. The second kappa shape index (κ2) is 4.69. The molecule has 0 amide bonds. The zero-order chi connectivity index (χ0) is 11.5. The van der Waals surface area contributed by atoms with Crippen molar-refractivity contribution in [1.29, 1.82) is 0 Å². The summed E-state index contributed by atoms with van der Waals surface area (Å²) in [6, 6.07) is 2.93. The van der Waals surface area contributed by atoms with Crippen molar-refractivity contribution in [3.05, 3.63) is 24.0 Å². The van der Waals surface area contributed by atoms with Crippen molar-refractivity contribution in [2.45, 2.75) is 31.3 Å². The molecule has 84 valence electrons. The quantitative estimate of drug-likeness (QED) is 0.773. The molecule has 1 aromatic heterocycles. The summed E-state index contributed by atoms with van der Waals surface area (Å²) >= 11 is 0. The first-order valence-corrected chi connectivity index (χ1v) is 6.12. The van der Waals surface area contributed by atoms with E-state index in [0.29, 0.717) is 5.69 Å². The summed E-state index contributed by atoms with van der Waals surface area (Å²) in [4.78, 5) is 4.08. The van der Waals surface area contributed by atoms with Crippen molar-refractivity contribution in [3.63, 3.8) is 0 Å². The van der Waals surface area contributed by atoms with Gasteiger partial charge in [0.25, 0.3) is 0 Å². The van der Waals surface area contributed by atoms with Crippen LogP contribution >= 0.6 is 0 Å². The highest BCUT2D eigenvalue weighted by Gasteiger charge is 2.18. The Morgan fingerprint density at radius 2 is 2.20 bits per heavy atom. The van der Waals surface area contributed by atoms with Gasteiger partial charge in [-0.05, 0) is 26.0 Å². The molecule has 1 heterocycles. The van der Waals surface area contributed by atoms with Crippen LogP contribution in [0.2, 0.25) is 0 Å². The molecule has 1 rings (SSSR count). The van der Waals surface area contributed by atoms with E-state index in [1.165, 1.54) is 12.3 Å². The number of nitrogens with two attached hydrogens (primary N) is 1. The van der Waals surface area contributed by atoms with Crippen molar-refractivity contribution in [3.8, 4) is 0 Å². The molecule has 0 saturated carbocycles. The third-order valence-corrected chi connectivity index (χ3v) is 3.45. The van der Waals surface area contributed by atoms with Crippen molar-refractivity contribution in [1.82, 2.24) is 9.71 Å². The molecule has 0 unspecified atom stereocenters. The van der Waals surface area contributed by atoms with E-state index >= 15 is 0 Å². The zero-order valence-corrected chi connectivity index (χ0v) is 9.58. The molecular weight excluding hydrogens is 214 g/mol. The molecule has 0 spiro atoms. The van der Waals surface area contributed by atoms with Crippen molar-refractivity contribution < 1.29 is 8.42 Å². The highest BCUT2D eigenvalue weighted by atomic mass is 32.2. The molecule has 6 heteroatoms. The Bertz CT molecular complexity index is 429. The summed E-state index contributed by atoms with van der Waals surface area (Å²) in [7, 11) is -3.49. The topological polar surface area (TPSA) is 85.1 Å². The number of pyridine rings is 1. The molecule has 0 radical (unpaired) electrons. The lowest BCUT2D eigenvalue weighted by Crippen LogP contribution is -2.31. The number of aromatic nitrogens is 1. The molecule has 0 saturated heterocycles. The van der Waals surface area contributed by atoms with E-state index in [-0.39, 0.29) is 17.5 Å². The average Bonchev–Trinajstić information content (AvgIpc) is 2.16. The van der Waals surface area contributed by atoms with Gasteiger partial charge in [-0.3, -0.25) is 4.98 Å². The predicted octanol–water partition coefficient (Wildman–Crippen LogP) is 0.227. The van der Waals surface area contributed by atoms with E-state index in [4.69, 9.17) is 5.73 Å². The summed E-state index contributed by atoms with van der Waals surface area (Å²) in [5.74, 6) is 0. The second-order valence-electron chi connectivity index (χ2n) is 3.43. The van der Waals surface area contributed by atoms with Crippen LogP contribution < -0.4 is 10.5 Å². The maximum Gasteiger partial charge on any atom is 0.242 e. The van der Waals surface area contributed by atoms with E-state index < -0.39 is 10.0 Å². The van der Waals surface area contributed by atoms with E-state index in [9.17, 15) is 8.42 Å². The number of nitrogens with one attached hydrogen (secondary N) is 1. The molecule has 5 nitrogen and oxygen atoms in total. The van der Waals surface area contributed by atoms with E-state index in [2.05, 4.69) is 9.71 Å². The molecule has 15 heavy (non-hydrogen) atoms. The SMILES string of the molecule is CC(C)NS(=O)(=O)c1cccnc1CN. The summed E-state index contributed by atoms with van der Waals surface area (Å²) in [6.07, 6.45) is 1.52. The molecular formula is C9H15N3O2S. The van der Waals surface area contributed by atoms with Gasteiger partial charge < -0.3 is 5.73 Å². The third kappa shape index (κ3) is 2.98. The van der Waals surface area contributed by atoms with E-state index in [1.54, 1.807) is 19.9 Å². The Hall–Kier alpha value is -0.980. The Kier molecular flexibility index (Phi) is 3.78. The van der Waals surface area contributed by atoms with Gasteiger partial charge in [0, 0.05) is 18.8 Å². The third-order valence-electron chi connectivity index (χ3n) is 1.72. The van der Waals surface area contributed by atoms with Crippen LogP contribution in [0.15, 0.2) is 23.2 Å². The summed E-state index contributed by atoms with van der Waals surface area (Å²) < 4.78 is 26.1. The minimum atomic E-state index is -3.49. The average molecular weight is 229 g/mol. The first kappa shape index (κ1) is 12.1. The van der Waals surface area contributed by atoms with Gasteiger partial charge in [-0.2, -0.15) is 0 Å². The van der Waals surface area contributed by atoms with Crippen molar-refractivity contribution in [2.75, 3.05) is 0 Å². The highest BCUT2D eigenvalue weighted by Crippen LogP contribution is 2.12. The van der Waals surface area contributed by atoms with Crippen molar-refractivity contribution in [2.24, 2.45) is 5.73 Å². The summed E-state index contributed by atoms with van der Waals surface area (Å²) in [5, 5.41) is 0. The standard InChI is InChI=1S/C9H15N3O2S/c1-7(2)12-15(13,14)9-4-3-5-11-8(9)6-10/h3-5,7,12H,6,10H2,1-2H3. The maximum atomic E-state index is 11.8. The molecule has 1 aromatic rings. The monoisotopic (exact) mass is 229 g/mol. The van der Waals surface area contributed by atoms with Gasteiger partial charge >= 0.3 is 0 Å². The summed E-state index contributed by atoms with van der Waals surface area (Å²) in [6.45, 7) is 3.63. The van der Waals surface area contributed by atoms with Crippen LogP contribution in [-0.4, -0.2) is 19.4 Å². The number of rotatable bonds is 4. The van der Waals surface area contributed by atoms with Crippen LogP contribution in [0.5, 0.6) is 0 Å². The number of nitrogens with zero attached hydrogens (tertiary/aromatic N) is 1. The minimum absolute atomic E-state index is 0.106. The first-order valence-electron chi connectivity index (χ1n) is 4.63.